The first-order valence-corrected chi connectivity index (χ1v) is 8.51. The summed E-state index contributed by atoms with van der Waals surface area (Å²) >= 11 is 6.04. The first-order valence-electron chi connectivity index (χ1n) is 6.69. The molecule has 5 nitrogen and oxygen atoms in total. The summed E-state index contributed by atoms with van der Waals surface area (Å²) in [5, 5.41) is 0.251. The number of sulfonamides is 1. The molecule has 118 valence electrons. The molecule has 1 aromatic rings. The van der Waals surface area contributed by atoms with E-state index in [1.807, 2.05) is 6.92 Å². The van der Waals surface area contributed by atoms with Crippen LogP contribution >= 0.6 is 11.6 Å². The molecule has 0 atom stereocenters. The lowest BCUT2D eigenvalue weighted by molar-refractivity contribution is 0.0793. The second-order valence-corrected chi connectivity index (χ2v) is 7.57. The fourth-order valence-electron chi connectivity index (χ4n) is 1.74. The van der Waals surface area contributed by atoms with Crippen molar-refractivity contribution in [2.24, 2.45) is 0 Å². The fourth-order valence-corrected chi connectivity index (χ4v) is 2.87. The summed E-state index contributed by atoms with van der Waals surface area (Å²) in [6.07, 6.45) is 1.86. The van der Waals surface area contributed by atoms with Gasteiger partial charge in [-0.15, -0.1) is 0 Å². The molecule has 0 saturated carbocycles. The van der Waals surface area contributed by atoms with Crippen LogP contribution in [0.25, 0.3) is 0 Å². The highest BCUT2D eigenvalue weighted by Gasteiger charge is 2.22. The van der Waals surface area contributed by atoms with E-state index in [4.69, 9.17) is 11.6 Å². The third-order valence-corrected chi connectivity index (χ3v) is 5.28. The number of hydrogen-bond donors (Lipinski definition) is 0. The minimum absolute atomic E-state index is 0.0594. The maximum absolute atomic E-state index is 12.4. The third-order valence-electron chi connectivity index (χ3n) is 3.14. The molecule has 0 aliphatic carbocycles. The molecule has 0 heterocycles. The molecule has 0 spiro atoms. The van der Waals surface area contributed by atoms with Crippen LogP contribution in [0.3, 0.4) is 0 Å². The van der Waals surface area contributed by atoms with Crippen LogP contribution in [0.15, 0.2) is 23.1 Å². The highest BCUT2D eigenvalue weighted by Crippen LogP contribution is 2.23. The number of unbranched alkanes of at least 4 members (excludes halogenated alkanes) is 1. The molecular formula is C14H21ClN2O3S. The quantitative estimate of drug-likeness (QED) is 0.804. The lowest BCUT2D eigenvalue weighted by atomic mass is 10.2. The van der Waals surface area contributed by atoms with E-state index in [0.29, 0.717) is 6.54 Å². The van der Waals surface area contributed by atoms with Crippen LogP contribution in [-0.4, -0.2) is 51.2 Å². The lowest BCUT2D eigenvalue weighted by Gasteiger charge is -2.18. The van der Waals surface area contributed by atoms with Crippen molar-refractivity contribution < 1.29 is 13.2 Å². The van der Waals surface area contributed by atoms with Crippen molar-refractivity contribution >= 4 is 27.5 Å². The van der Waals surface area contributed by atoms with Crippen LogP contribution in [0, 0.1) is 0 Å². The maximum atomic E-state index is 12.4. The van der Waals surface area contributed by atoms with Crippen molar-refractivity contribution in [1.29, 1.82) is 0 Å². The highest BCUT2D eigenvalue weighted by molar-refractivity contribution is 7.89. The molecular weight excluding hydrogens is 312 g/mol. The summed E-state index contributed by atoms with van der Waals surface area (Å²) < 4.78 is 25.3. The number of hydrogen-bond acceptors (Lipinski definition) is 3. The summed E-state index contributed by atoms with van der Waals surface area (Å²) in [7, 11) is 0.980. The van der Waals surface area contributed by atoms with E-state index < -0.39 is 10.0 Å². The third kappa shape index (κ3) is 4.18. The van der Waals surface area contributed by atoms with E-state index in [-0.39, 0.29) is 21.4 Å². The van der Waals surface area contributed by atoms with E-state index in [2.05, 4.69) is 0 Å². The Morgan fingerprint density at radius 2 is 1.86 bits per heavy atom. The Morgan fingerprint density at radius 3 is 2.38 bits per heavy atom. The first kappa shape index (κ1) is 17.9. The van der Waals surface area contributed by atoms with Gasteiger partial charge in [-0.1, -0.05) is 24.9 Å². The van der Waals surface area contributed by atoms with Crippen molar-refractivity contribution in [3.05, 3.63) is 28.8 Å². The predicted molar refractivity (Wildman–Crippen MR) is 84.2 cm³/mol. The SMILES string of the molecule is CCCCN(C)C(=O)c1cc(S(=O)(=O)N(C)C)ccc1Cl. The molecule has 0 radical (unpaired) electrons. The molecule has 0 aliphatic rings. The van der Waals surface area contributed by atoms with Crippen molar-refractivity contribution in [1.82, 2.24) is 9.21 Å². The molecule has 0 fully saturated rings. The Labute approximate surface area is 131 Å². The minimum atomic E-state index is -3.59. The van der Waals surface area contributed by atoms with Gasteiger partial charge in [-0.2, -0.15) is 0 Å². The van der Waals surface area contributed by atoms with E-state index in [1.165, 1.54) is 32.3 Å². The molecule has 21 heavy (non-hydrogen) atoms. The first-order chi connectivity index (χ1) is 9.71. The minimum Gasteiger partial charge on any atom is -0.342 e. The number of benzene rings is 1. The topological polar surface area (TPSA) is 57.7 Å². The summed E-state index contributed by atoms with van der Waals surface area (Å²) in [4.78, 5) is 14.0. The van der Waals surface area contributed by atoms with E-state index in [9.17, 15) is 13.2 Å². The zero-order valence-electron chi connectivity index (χ0n) is 12.8. The Kier molecular flexibility index (Phi) is 6.19. The summed E-state index contributed by atoms with van der Waals surface area (Å²) in [6.45, 7) is 2.64. The molecule has 0 bridgehead atoms. The van der Waals surface area contributed by atoms with Gasteiger partial charge in [0.05, 0.1) is 15.5 Å². The van der Waals surface area contributed by atoms with Gasteiger partial charge < -0.3 is 4.90 Å². The number of amides is 1. The van der Waals surface area contributed by atoms with Crippen LogP contribution < -0.4 is 0 Å². The number of rotatable bonds is 6. The van der Waals surface area contributed by atoms with Crippen LogP contribution in [0.4, 0.5) is 0 Å². The van der Waals surface area contributed by atoms with Crippen molar-refractivity contribution in [2.45, 2.75) is 24.7 Å². The number of carbonyl (C=O) groups is 1. The normalized spacial score (nSPS) is 11.7. The summed E-state index contributed by atoms with van der Waals surface area (Å²) in [5.41, 5.74) is 0.207. The second kappa shape index (κ2) is 7.24. The number of nitrogens with zero attached hydrogens (tertiary/aromatic N) is 2. The molecule has 1 amide bonds. The smallest absolute Gasteiger partial charge is 0.255 e. The lowest BCUT2D eigenvalue weighted by Crippen LogP contribution is -2.28. The molecule has 7 heteroatoms. The van der Waals surface area contributed by atoms with Gasteiger partial charge in [-0.25, -0.2) is 12.7 Å². The zero-order chi connectivity index (χ0) is 16.2. The second-order valence-electron chi connectivity index (χ2n) is 5.01. The van der Waals surface area contributed by atoms with E-state index in [1.54, 1.807) is 11.9 Å². The van der Waals surface area contributed by atoms with Gasteiger partial charge in [0.15, 0.2) is 0 Å². The Balaban J connectivity index is 3.17. The number of halogens is 1. The van der Waals surface area contributed by atoms with Gasteiger partial charge in [0.2, 0.25) is 10.0 Å². The van der Waals surface area contributed by atoms with E-state index >= 15 is 0 Å². The predicted octanol–water partition coefficient (Wildman–Crippen LogP) is 2.46. The molecule has 0 N–H and O–H groups in total. The highest BCUT2D eigenvalue weighted by atomic mass is 35.5. The van der Waals surface area contributed by atoms with Gasteiger partial charge >= 0.3 is 0 Å². The zero-order valence-corrected chi connectivity index (χ0v) is 14.3. The van der Waals surface area contributed by atoms with Gasteiger partial charge in [-0.3, -0.25) is 4.79 Å². The molecule has 0 unspecified atom stereocenters. The maximum Gasteiger partial charge on any atom is 0.255 e. The largest absolute Gasteiger partial charge is 0.342 e. The summed E-state index contributed by atoms with van der Waals surface area (Å²) in [6, 6.07) is 4.18. The standard InChI is InChI=1S/C14H21ClN2O3S/c1-5-6-9-17(4)14(18)12-10-11(7-8-13(12)15)21(19,20)16(2)3/h7-8,10H,5-6,9H2,1-4H3. The monoisotopic (exact) mass is 332 g/mol. The van der Waals surface area contributed by atoms with Crippen molar-refractivity contribution in [3.63, 3.8) is 0 Å². The van der Waals surface area contributed by atoms with Gasteiger partial charge in [0, 0.05) is 27.7 Å². The molecule has 1 rings (SSSR count). The Bertz CT molecular complexity index is 615. The van der Waals surface area contributed by atoms with Gasteiger partial charge in [-0.05, 0) is 24.6 Å². The van der Waals surface area contributed by atoms with Crippen LogP contribution in [-0.2, 0) is 10.0 Å². The van der Waals surface area contributed by atoms with Gasteiger partial charge in [0.25, 0.3) is 5.91 Å². The average Bonchev–Trinajstić information content (AvgIpc) is 2.44. The van der Waals surface area contributed by atoms with Crippen molar-refractivity contribution in [2.75, 3.05) is 27.7 Å². The molecule has 0 saturated heterocycles. The Morgan fingerprint density at radius 1 is 1.24 bits per heavy atom. The molecule has 0 aromatic heterocycles. The van der Waals surface area contributed by atoms with Gasteiger partial charge in [0.1, 0.15) is 0 Å². The molecule has 1 aromatic carbocycles. The van der Waals surface area contributed by atoms with E-state index in [0.717, 1.165) is 17.1 Å². The van der Waals surface area contributed by atoms with Crippen molar-refractivity contribution in [3.8, 4) is 0 Å². The van der Waals surface area contributed by atoms with Crippen LogP contribution in [0.5, 0.6) is 0 Å². The molecule has 0 aliphatic heterocycles. The Hall–Kier alpha value is -1.11. The van der Waals surface area contributed by atoms with Crippen LogP contribution in [0.1, 0.15) is 30.1 Å². The fraction of sp³-hybridized carbons (Fsp3) is 0.500. The van der Waals surface area contributed by atoms with Crippen LogP contribution in [0.2, 0.25) is 5.02 Å². The summed E-state index contributed by atoms with van der Waals surface area (Å²) in [5.74, 6) is -0.274. The average molecular weight is 333 g/mol. The number of carbonyl (C=O) groups excluding carboxylic acids is 1.